The van der Waals surface area contributed by atoms with Crippen LogP contribution >= 0.6 is 0 Å². The van der Waals surface area contributed by atoms with E-state index in [0.29, 0.717) is 31.8 Å². The van der Waals surface area contributed by atoms with Gasteiger partial charge in [-0.3, -0.25) is 4.79 Å². The Morgan fingerprint density at radius 1 is 1.06 bits per heavy atom. The Kier molecular flexibility index (Phi) is 8.70. The van der Waals surface area contributed by atoms with Crippen LogP contribution in [0.25, 0.3) is 0 Å². The molecule has 1 aliphatic rings. The van der Waals surface area contributed by atoms with Gasteiger partial charge in [0.15, 0.2) is 0 Å². The summed E-state index contributed by atoms with van der Waals surface area (Å²) in [5.74, 6) is 0.636. The van der Waals surface area contributed by atoms with Crippen molar-refractivity contribution in [1.82, 2.24) is 9.62 Å². The molecule has 32 heavy (non-hydrogen) atoms. The second-order valence-electron chi connectivity index (χ2n) is 8.20. The SMILES string of the molecule is CCOc1ccccc1CCCNC(=O)c1cc(S(=O)(=O)N2CCCCCC2)ccc1C. The van der Waals surface area contributed by atoms with Crippen molar-refractivity contribution in [2.75, 3.05) is 26.2 Å². The van der Waals surface area contributed by atoms with E-state index in [1.165, 1.54) is 6.07 Å². The van der Waals surface area contributed by atoms with Crippen LogP contribution in [-0.4, -0.2) is 44.9 Å². The van der Waals surface area contributed by atoms with Gasteiger partial charge in [-0.1, -0.05) is 37.1 Å². The number of ether oxygens (including phenoxy) is 1. The number of carbonyl (C=O) groups excluding carboxylic acids is 1. The fraction of sp³-hybridized carbons (Fsp3) is 0.480. The van der Waals surface area contributed by atoms with Crippen LogP contribution in [0.2, 0.25) is 0 Å². The molecule has 0 atom stereocenters. The summed E-state index contributed by atoms with van der Waals surface area (Å²) in [5, 5.41) is 2.94. The van der Waals surface area contributed by atoms with Gasteiger partial charge in [-0.2, -0.15) is 4.31 Å². The summed E-state index contributed by atoms with van der Waals surface area (Å²) >= 11 is 0. The number of para-hydroxylation sites is 1. The molecule has 0 aliphatic carbocycles. The van der Waals surface area contributed by atoms with Crippen molar-refractivity contribution >= 4 is 15.9 Å². The molecule has 1 heterocycles. The first-order chi connectivity index (χ1) is 15.4. The molecule has 174 valence electrons. The molecule has 2 aromatic carbocycles. The first kappa shape index (κ1) is 24.3. The molecular weight excluding hydrogens is 424 g/mol. The number of hydrogen-bond donors (Lipinski definition) is 1. The number of aryl methyl sites for hydroxylation is 2. The molecule has 1 fully saturated rings. The molecule has 3 rings (SSSR count). The minimum absolute atomic E-state index is 0.195. The van der Waals surface area contributed by atoms with Gasteiger partial charge in [-0.25, -0.2) is 8.42 Å². The summed E-state index contributed by atoms with van der Waals surface area (Å²) < 4.78 is 33.4. The monoisotopic (exact) mass is 458 g/mol. The van der Waals surface area contributed by atoms with Crippen molar-refractivity contribution in [2.24, 2.45) is 0 Å². The second-order valence-corrected chi connectivity index (χ2v) is 10.1. The van der Waals surface area contributed by atoms with E-state index in [1.807, 2.05) is 38.1 Å². The number of carbonyl (C=O) groups is 1. The molecule has 7 heteroatoms. The van der Waals surface area contributed by atoms with E-state index in [9.17, 15) is 13.2 Å². The summed E-state index contributed by atoms with van der Waals surface area (Å²) in [5.41, 5.74) is 2.29. The van der Waals surface area contributed by atoms with Gasteiger partial charge in [0.25, 0.3) is 5.91 Å². The van der Waals surface area contributed by atoms with E-state index < -0.39 is 10.0 Å². The average Bonchev–Trinajstić information content (AvgIpc) is 3.08. The number of nitrogens with zero attached hydrogens (tertiary/aromatic N) is 1. The summed E-state index contributed by atoms with van der Waals surface area (Å²) in [4.78, 5) is 13.0. The highest BCUT2D eigenvalue weighted by atomic mass is 32.2. The molecule has 1 amide bonds. The molecule has 1 aliphatic heterocycles. The second kappa shape index (κ2) is 11.5. The zero-order valence-electron chi connectivity index (χ0n) is 19.1. The highest BCUT2D eigenvalue weighted by molar-refractivity contribution is 7.89. The van der Waals surface area contributed by atoms with Gasteiger partial charge in [0, 0.05) is 25.2 Å². The zero-order chi connectivity index (χ0) is 23.0. The largest absolute Gasteiger partial charge is 0.494 e. The molecule has 6 nitrogen and oxygen atoms in total. The first-order valence-corrected chi connectivity index (χ1v) is 13.0. The van der Waals surface area contributed by atoms with Crippen molar-refractivity contribution < 1.29 is 17.9 Å². The maximum atomic E-state index is 13.1. The van der Waals surface area contributed by atoms with Gasteiger partial charge in [-0.15, -0.1) is 0 Å². The molecular formula is C25H34N2O4S. The number of rotatable bonds is 9. The highest BCUT2D eigenvalue weighted by Gasteiger charge is 2.26. The van der Waals surface area contributed by atoms with E-state index in [-0.39, 0.29) is 10.8 Å². The fourth-order valence-corrected chi connectivity index (χ4v) is 5.56. The van der Waals surface area contributed by atoms with Crippen LogP contribution in [0.1, 0.15) is 60.5 Å². The maximum absolute atomic E-state index is 13.1. The number of hydrogen-bond acceptors (Lipinski definition) is 4. The van der Waals surface area contributed by atoms with Gasteiger partial charge in [0.2, 0.25) is 10.0 Å². The van der Waals surface area contributed by atoms with Crippen LogP contribution < -0.4 is 10.1 Å². The van der Waals surface area contributed by atoms with Gasteiger partial charge in [0.05, 0.1) is 11.5 Å². The number of sulfonamides is 1. The topological polar surface area (TPSA) is 75.7 Å². The van der Waals surface area contributed by atoms with Crippen molar-refractivity contribution in [3.63, 3.8) is 0 Å². The van der Waals surface area contributed by atoms with Crippen LogP contribution in [0, 0.1) is 6.92 Å². The fourth-order valence-electron chi connectivity index (χ4n) is 4.02. The molecule has 0 aromatic heterocycles. The van der Waals surface area contributed by atoms with Crippen molar-refractivity contribution in [3.05, 3.63) is 59.2 Å². The number of amides is 1. The van der Waals surface area contributed by atoms with Crippen LogP contribution in [0.15, 0.2) is 47.4 Å². The Hall–Kier alpha value is -2.38. The number of benzene rings is 2. The Labute approximate surface area is 192 Å². The highest BCUT2D eigenvalue weighted by Crippen LogP contribution is 2.23. The third kappa shape index (κ3) is 6.11. The van der Waals surface area contributed by atoms with E-state index in [0.717, 1.165) is 55.4 Å². The molecule has 0 spiro atoms. The van der Waals surface area contributed by atoms with Crippen LogP contribution in [-0.2, 0) is 16.4 Å². The van der Waals surface area contributed by atoms with Crippen LogP contribution in [0.5, 0.6) is 5.75 Å². The molecule has 1 saturated heterocycles. The minimum Gasteiger partial charge on any atom is -0.494 e. The summed E-state index contributed by atoms with van der Waals surface area (Å²) in [7, 11) is -3.59. The Balaban J connectivity index is 1.63. The predicted molar refractivity (Wildman–Crippen MR) is 127 cm³/mol. The average molecular weight is 459 g/mol. The smallest absolute Gasteiger partial charge is 0.251 e. The quantitative estimate of drug-likeness (QED) is 0.568. The lowest BCUT2D eigenvalue weighted by Crippen LogP contribution is -2.32. The Morgan fingerprint density at radius 3 is 2.50 bits per heavy atom. The minimum atomic E-state index is -3.59. The Bertz CT molecular complexity index is 1010. The molecule has 2 aromatic rings. The summed E-state index contributed by atoms with van der Waals surface area (Å²) in [6.45, 7) is 5.99. The normalized spacial score (nSPS) is 15.2. The first-order valence-electron chi connectivity index (χ1n) is 11.5. The summed E-state index contributed by atoms with van der Waals surface area (Å²) in [6, 6.07) is 12.8. The van der Waals surface area contributed by atoms with Crippen LogP contribution in [0.4, 0.5) is 0 Å². The maximum Gasteiger partial charge on any atom is 0.251 e. The number of nitrogens with one attached hydrogen (secondary N) is 1. The van der Waals surface area contributed by atoms with Gasteiger partial charge in [-0.05, 0) is 68.9 Å². The lowest BCUT2D eigenvalue weighted by molar-refractivity contribution is 0.0952. The van der Waals surface area contributed by atoms with Crippen molar-refractivity contribution in [1.29, 1.82) is 0 Å². The lowest BCUT2D eigenvalue weighted by Gasteiger charge is -2.20. The zero-order valence-corrected chi connectivity index (χ0v) is 19.9. The van der Waals surface area contributed by atoms with E-state index in [2.05, 4.69) is 5.32 Å². The molecule has 0 unspecified atom stereocenters. The van der Waals surface area contributed by atoms with E-state index >= 15 is 0 Å². The molecule has 0 radical (unpaired) electrons. The third-order valence-corrected chi connectivity index (χ3v) is 7.73. The van der Waals surface area contributed by atoms with Gasteiger partial charge < -0.3 is 10.1 Å². The molecule has 1 N–H and O–H groups in total. The van der Waals surface area contributed by atoms with E-state index in [1.54, 1.807) is 16.4 Å². The lowest BCUT2D eigenvalue weighted by atomic mass is 10.1. The van der Waals surface area contributed by atoms with Crippen molar-refractivity contribution in [3.8, 4) is 5.75 Å². The van der Waals surface area contributed by atoms with Gasteiger partial charge >= 0.3 is 0 Å². The standard InChI is InChI=1S/C25H34N2O4S/c1-3-31-24-13-7-6-11-21(24)12-10-16-26-25(28)23-19-22(15-14-20(23)2)32(29,30)27-17-8-4-5-9-18-27/h6-7,11,13-15,19H,3-5,8-10,12,16-18H2,1-2H3,(H,26,28). The summed E-state index contributed by atoms with van der Waals surface area (Å²) in [6.07, 6.45) is 5.43. The van der Waals surface area contributed by atoms with E-state index in [4.69, 9.17) is 4.74 Å². The molecule has 0 bridgehead atoms. The third-order valence-electron chi connectivity index (χ3n) is 5.84. The Morgan fingerprint density at radius 2 is 1.78 bits per heavy atom. The van der Waals surface area contributed by atoms with Crippen LogP contribution in [0.3, 0.4) is 0 Å². The van der Waals surface area contributed by atoms with Crippen molar-refractivity contribution in [2.45, 2.75) is 57.3 Å². The molecule has 0 saturated carbocycles. The van der Waals surface area contributed by atoms with Gasteiger partial charge in [0.1, 0.15) is 5.75 Å². The predicted octanol–water partition coefficient (Wildman–Crippen LogP) is 4.32.